The van der Waals surface area contributed by atoms with E-state index in [2.05, 4.69) is 36.4 Å². The summed E-state index contributed by atoms with van der Waals surface area (Å²) in [4.78, 5) is 29.0. The van der Waals surface area contributed by atoms with Gasteiger partial charge in [-0.05, 0) is 12.8 Å². The number of carbonyl (C=O) groups excluding carboxylic acids is 2. The third-order valence-corrected chi connectivity index (χ3v) is 4.53. The molecule has 0 radical (unpaired) electrons. The van der Waals surface area contributed by atoms with Crippen molar-refractivity contribution in [2.75, 3.05) is 24.7 Å². The fourth-order valence-corrected chi connectivity index (χ4v) is 2.91. The monoisotopic (exact) mass is 383 g/mol. The summed E-state index contributed by atoms with van der Waals surface area (Å²) in [6, 6.07) is 1.99. The van der Waals surface area contributed by atoms with Crippen LogP contribution >= 0.6 is 0 Å². The van der Waals surface area contributed by atoms with Crippen LogP contribution in [0.25, 0.3) is 5.65 Å². The first kappa shape index (κ1) is 17.8. The number of amides is 2. The first-order valence-corrected chi connectivity index (χ1v) is 8.90. The van der Waals surface area contributed by atoms with Gasteiger partial charge in [-0.15, -0.1) is 5.10 Å². The van der Waals surface area contributed by atoms with E-state index < -0.39 is 0 Å². The lowest BCUT2D eigenvalue weighted by Crippen LogP contribution is -2.27. The highest BCUT2D eigenvalue weighted by molar-refractivity contribution is 5.98. The van der Waals surface area contributed by atoms with Gasteiger partial charge in [-0.25, -0.2) is 9.50 Å². The van der Waals surface area contributed by atoms with Gasteiger partial charge in [0, 0.05) is 33.3 Å². The van der Waals surface area contributed by atoms with Crippen LogP contribution in [0.1, 0.15) is 33.8 Å². The minimum absolute atomic E-state index is 0.214. The minimum atomic E-state index is -0.274. The van der Waals surface area contributed by atoms with Gasteiger partial charge in [0.25, 0.3) is 11.8 Å². The predicted molar refractivity (Wildman–Crippen MR) is 103 cm³/mol. The number of hydrogen-bond donors (Lipinski definition) is 4. The van der Waals surface area contributed by atoms with E-state index in [4.69, 9.17) is 0 Å². The van der Waals surface area contributed by atoms with E-state index >= 15 is 0 Å². The van der Waals surface area contributed by atoms with Gasteiger partial charge in [0.2, 0.25) is 0 Å². The Morgan fingerprint density at radius 3 is 2.61 bits per heavy atom. The normalized spacial score (nSPS) is 13.4. The number of hydrogen-bond acceptors (Lipinski definition) is 7. The number of rotatable bonds is 6. The Balaban J connectivity index is 1.73. The molecule has 0 spiro atoms. The molecule has 146 valence electrons. The molecular weight excluding hydrogens is 362 g/mol. The molecular formula is C17H21N9O2. The highest BCUT2D eigenvalue weighted by Crippen LogP contribution is 2.25. The smallest absolute Gasteiger partial charge is 0.271 e. The number of aryl methyl sites for hydroxylation is 1. The van der Waals surface area contributed by atoms with E-state index in [-0.39, 0.29) is 17.9 Å². The van der Waals surface area contributed by atoms with Gasteiger partial charge < -0.3 is 21.3 Å². The molecule has 3 heterocycles. The summed E-state index contributed by atoms with van der Waals surface area (Å²) < 4.78 is 2.96. The third kappa shape index (κ3) is 3.10. The summed E-state index contributed by atoms with van der Waals surface area (Å²) in [6.45, 7) is 0. The van der Waals surface area contributed by atoms with E-state index in [1.54, 1.807) is 33.4 Å². The van der Waals surface area contributed by atoms with Gasteiger partial charge in [-0.3, -0.25) is 14.3 Å². The van der Waals surface area contributed by atoms with Crippen molar-refractivity contribution in [1.82, 2.24) is 35.0 Å². The molecule has 28 heavy (non-hydrogen) atoms. The predicted octanol–water partition coefficient (Wildman–Crippen LogP) is 0.500. The van der Waals surface area contributed by atoms with Crippen LogP contribution in [-0.4, -0.2) is 56.3 Å². The van der Waals surface area contributed by atoms with Crippen molar-refractivity contribution in [2.24, 2.45) is 7.05 Å². The van der Waals surface area contributed by atoms with Crippen LogP contribution < -0.4 is 21.3 Å². The summed E-state index contributed by atoms with van der Waals surface area (Å²) in [6.07, 6.45) is 5.04. The molecule has 0 aliphatic heterocycles. The van der Waals surface area contributed by atoms with Crippen molar-refractivity contribution in [3.05, 3.63) is 29.8 Å². The van der Waals surface area contributed by atoms with E-state index in [0.717, 1.165) is 12.8 Å². The van der Waals surface area contributed by atoms with Crippen LogP contribution in [-0.2, 0) is 7.05 Å². The number of carbonyl (C=O) groups is 2. The first-order chi connectivity index (χ1) is 13.5. The Kier molecular flexibility index (Phi) is 4.34. The molecule has 4 N–H and O–H groups in total. The topological polar surface area (TPSA) is 130 Å². The van der Waals surface area contributed by atoms with Gasteiger partial charge in [-0.2, -0.15) is 5.10 Å². The van der Waals surface area contributed by atoms with Crippen LogP contribution in [0.5, 0.6) is 0 Å². The second-order valence-electron chi connectivity index (χ2n) is 6.55. The molecule has 0 saturated heterocycles. The number of aromatic nitrogens is 5. The molecule has 0 atom stereocenters. The minimum Gasteiger partial charge on any atom is -0.385 e. The lowest BCUT2D eigenvalue weighted by Gasteiger charge is -2.11. The zero-order valence-corrected chi connectivity index (χ0v) is 15.8. The average molecular weight is 383 g/mol. The summed E-state index contributed by atoms with van der Waals surface area (Å²) in [5, 5.41) is 20.3. The second kappa shape index (κ2) is 6.83. The van der Waals surface area contributed by atoms with Gasteiger partial charge in [-0.1, -0.05) is 0 Å². The third-order valence-electron chi connectivity index (χ3n) is 4.53. The van der Waals surface area contributed by atoms with Crippen LogP contribution in [0.3, 0.4) is 0 Å². The summed E-state index contributed by atoms with van der Waals surface area (Å²) in [5.41, 5.74) is 2.44. The molecule has 11 heteroatoms. The number of imidazole rings is 1. The lowest BCUT2D eigenvalue weighted by molar-refractivity contribution is 0.0939. The first-order valence-electron chi connectivity index (χ1n) is 8.90. The van der Waals surface area contributed by atoms with Crippen molar-refractivity contribution in [2.45, 2.75) is 18.9 Å². The van der Waals surface area contributed by atoms with Crippen molar-refractivity contribution >= 4 is 34.7 Å². The Labute approximate surface area is 160 Å². The quantitative estimate of drug-likeness (QED) is 0.488. The fraction of sp³-hybridized carbons (Fsp3) is 0.353. The summed E-state index contributed by atoms with van der Waals surface area (Å²) >= 11 is 0. The molecule has 3 aromatic rings. The Morgan fingerprint density at radius 2 is 1.93 bits per heavy atom. The molecule has 0 unspecified atom stereocenters. The number of nitrogens with one attached hydrogen (secondary N) is 4. The van der Waals surface area contributed by atoms with Crippen LogP contribution in [0.15, 0.2) is 18.5 Å². The van der Waals surface area contributed by atoms with Gasteiger partial charge in [0.05, 0.1) is 23.8 Å². The number of nitrogens with zero attached hydrogens (tertiary/aromatic N) is 5. The van der Waals surface area contributed by atoms with Gasteiger partial charge in [0.15, 0.2) is 17.2 Å². The number of anilines is 3. The molecule has 1 fully saturated rings. The maximum absolute atomic E-state index is 12.5. The summed E-state index contributed by atoms with van der Waals surface area (Å²) in [5.74, 6) is -0.0489. The maximum atomic E-state index is 12.5. The molecule has 1 saturated carbocycles. The van der Waals surface area contributed by atoms with Crippen molar-refractivity contribution in [3.8, 4) is 0 Å². The van der Waals surface area contributed by atoms with E-state index in [9.17, 15) is 9.59 Å². The van der Waals surface area contributed by atoms with Crippen LogP contribution in [0.2, 0.25) is 0 Å². The van der Waals surface area contributed by atoms with Gasteiger partial charge >= 0.3 is 0 Å². The maximum Gasteiger partial charge on any atom is 0.271 e. The highest BCUT2D eigenvalue weighted by Gasteiger charge is 2.26. The Bertz CT molecular complexity index is 1060. The molecule has 0 bridgehead atoms. The van der Waals surface area contributed by atoms with Crippen LogP contribution in [0.4, 0.5) is 17.2 Å². The van der Waals surface area contributed by atoms with E-state index in [1.807, 2.05) is 0 Å². The summed E-state index contributed by atoms with van der Waals surface area (Å²) in [7, 11) is 5.00. The van der Waals surface area contributed by atoms with Gasteiger partial charge in [0.1, 0.15) is 5.69 Å². The van der Waals surface area contributed by atoms with Crippen LogP contribution in [0, 0.1) is 0 Å². The zero-order valence-electron chi connectivity index (χ0n) is 15.8. The number of fused-ring (bicyclic) bond motifs is 1. The Hall–Kier alpha value is -3.63. The molecule has 0 aromatic carbocycles. The molecule has 1 aliphatic carbocycles. The highest BCUT2D eigenvalue weighted by atomic mass is 16.2. The standard InChI is InChI=1S/C17H21N9O2/c1-18-10-6-13(23-11-7-21-25(3)14(11)17(28)19-2)24-26-12(8-20-15(10)26)16(27)22-9-4-5-9/h6-9,18H,4-5H2,1-3H3,(H,19,28)(H,22,27)(H,23,24). The SMILES string of the molecule is CNC(=O)c1c(Nc2cc(NC)c3ncc(C(=O)NC4CC4)n3n2)cnn1C. The lowest BCUT2D eigenvalue weighted by atomic mass is 10.3. The zero-order chi connectivity index (χ0) is 19.8. The second-order valence-corrected chi connectivity index (χ2v) is 6.55. The molecule has 3 aromatic heterocycles. The van der Waals surface area contributed by atoms with E-state index in [0.29, 0.717) is 34.2 Å². The Morgan fingerprint density at radius 1 is 1.14 bits per heavy atom. The van der Waals surface area contributed by atoms with E-state index in [1.165, 1.54) is 15.4 Å². The largest absolute Gasteiger partial charge is 0.385 e. The average Bonchev–Trinajstić information content (AvgIpc) is 3.28. The molecule has 11 nitrogen and oxygen atoms in total. The molecule has 2 amide bonds. The molecule has 1 aliphatic rings. The van der Waals surface area contributed by atoms with Crippen molar-refractivity contribution in [3.63, 3.8) is 0 Å². The van der Waals surface area contributed by atoms with Crippen molar-refractivity contribution in [1.29, 1.82) is 0 Å². The molecule has 4 rings (SSSR count). The van der Waals surface area contributed by atoms with Crippen molar-refractivity contribution < 1.29 is 9.59 Å². The fourth-order valence-electron chi connectivity index (χ4n) is 2.91.